The Balaban J connectivity index is 3.60. The van der Waals surface area contributed by atoms with Crippen LogP contribution in [0.15, 0.2) is 0 Å². The average Bonchev–Trinajstić information content (AvgIpc) is 2.12. The van der Waals surface area contributed by atoms with Crippen LogP contribution in [0.2, 0.25) is 0 Å². The van der Waals surface area contributed by atoms with Crippen molar-refractivity contribution in [3.8, 4) is 0 Å². The second-order valence-corrected chi connectivity index (χ2v) is 3.44. The van der Waals surface area contributed by atoms with E-state index in [4.69, 9.17) is 0 Å². The molecule has 1 saturated heterocycles. The number of alkyl halides is 12. The maximum atomic E-state index is 12.8. The average molecular weight is 316 g/mol. The van der Waals surface area contributed by atoms with E-state index in [-0.39, 0.29) is 0 Å². The summed E-state index contributed by atoms with van der Waals surface area (Å²) < 4.78 is 150. The zero-order chi connectivity index (χ0) is 15.7. The Bertz CT molecular complexity index is 382. The molecule has 0 amide bonds. The number of hydrogen-bond donors (Lipinski definition) is 0. The van der Waals surface area contributed by atoms with E-state index in [0.717, 1.165) is 0 Å². The highest BCUT2D eigenvalue weighted by Gasteiger charge is 2.97. The van der Waals surface area contributed by atoms with Gasteiger partial charge in [-0.2, -0.15) is 52.7 Å². The molecule has 0 aromatic carbocycles. The van der Waals surface area contributed by atoms with Crippen molar-refractivity contribution in [3.63, 3.8) is 0 Å². The lowest BCUT2D eigenvalue weighted by Crippen LogP contribution is -2.79. The molecular weight excluding hydrogens is 316 g/mol. The normalized spacial score (nSPS) is 36.0. The zero-order valence-corrected chi connectivity index (χ0v) is 7.94. The first-order valence-corrected chi connectivity index (χ1v) is 3.93. The number of halogens is 12. The van der Waals surface area contributed by atoms with Crippen molar-refractivity contribution in [2.45, 2.75) is 35.9 Å². The fraction of sp³-hybridized carbons (Fsp3) is 1.00. The van der Waals surface area contributed by atoms with Crippen LogP contribution in [-0.2, 0) is 4.74 Å². The Labute approximate surface area is 94.7 Å². The SMILES string of the molecule is FC(F)(F)C1(F)OC(F)(F)C(F)(F)C(F)(F)C1(F)F. The minimum atomic E-state index is -7.34. The lowest BCUT2D eigenvalue weighted by atomic mass is 9.93. The summed E-state index contributed by atoms with van der Waals surface area (Å²) in [5.41, 5.74) is 0. The van der Waals surface area contributed by atoms with Crippen molar-refractivity contribution in [1.82, 2.24) is 0 Å². The van der Waals surface area contributed by atoms with Gasteiger partial charge in [-0.25, -0.2) is 0 Å². The van der Waals surface area contributed by atoms with Crippen molar-refractivity contribution in [2.24, 2.45) is 0 Å². The van der Waals surface area contributed by atoms with Gasteiger partial charge in [-0.1, -0.05) is 0 Å². The van der Waals surface area contributed by atoms with E-state index >= 15 is 0 Å². The number of rotatable bonds is 0. The third kappa shape index (κ3) is 1.56. The highest BCUT2D eigenvalue weighted by molar-refractivity contribution is 5.13. The molecule has 13 heteroatoms. The molecule has 1 heterocycles. The molecule has 1 unspecified atom stereocenters. The van der Waals surface area contributed by atoms with E-state index in [9.17, 15) is 52.7 Å². The standard InChI is InChI=1S/C6F12O/c7-1(8)2(9,10)4(13,5(14,15)16)19-6(17,18)3(1,11)12. The predicted octanol–water partition coefficient (Wildman–Crippen LogP) is 3.74. The van der Waals surface area contributed by atoms with Crippen LogP contribution in [0.25, 0.3) is 0 Å². The zero-order valence-electron chi connectivity index (χ0n) is 7.94. The Morgan fingerprint density at radius 2 is 0.947 bits per heavy atom. The van der Waals surface area contributed by atoms with Gasteiger partial charge >= 0.3 is 35.9 Å². The molecule has 0 N–H and O–H groups in total. The van der Waals surface area contributed by atoms with Crippen LogP contribution in [0.3, 0.4) is 0 Å². The van der Waals surface area contributed by atoms with Crippen molar-refractivity contribution in [1.29, 1.82) is 0 Å². The minimum absolute atomic E-state index is 1.69. The van der Waals surface area contributed by atoms with Gasteiger partial charge in [-0.05, 0) is 0 Å². The summed E-state index contributed by atoms with van der Waals surface area (Å²) in [4.78, 5) is 0. The molecule has 0 spiro atoms. The topological polar surface area (TPSA) is 9.23 Å². The molecule has 1 rings (SSSR count). The first-order chi connectivity index (χ1) is 7.96. The second kappa shape index (κ2) is 3.41. The van der Waals surface area contributed by atoms with Crippen molar-refractivity contribution in [3.05, 3.63) is 0 Å². The van der Waals surface area contributed by atoms with E-state index in [0.29, 0.717) is 0 Å². The first-order valence-electron chi connectivity index (χ1n) is 3.93. The third-order valence-corrected chi connectivity index (χ3v) is 2.19. The van der Waals surface area contributed by atoms with E-state index < -0.39 is 35.9 Å². The highest BCUT2D eigenvalue weighted by Crippen LogP contribution is 2.65. The van der Waals surface area contributed by atoms with Gasteiger partial charge in [0.1, 0.15) is 0 Å². The number of ether oxygens (including phenoxy) is 1. The second-order valence-electron chi connectivity index (χ2n) is 3.44. The predicted molar refractivity (Wildman–Crippen MR) is 30.8 cm³/mol. The molecular formula is C6F12O. The van der Waals surface area contributed by atoms with Gasteiger partial charge in [0.2, 0.25) is 0 Å². The van der Waals surface area contributed by atoms with E-state index in [2.05, 4.69) is 0 Å². The van der Waals surface area contributed by atoms with E-state index in [1.54, 1.807) is 4.74 Å². The summed E-state index contributed by atoms with van der Waals surface area (Å²) in [6.45, 7) is 0. The van der Waals surface area contributed by atoms with Crippen LogP contribution in [0, 0.1) is 0 Å². The quantitative estimate of drug-likeness (QED) is 0.619. The Morgan fingerprint density at radius 1 is 0.579 bits per heavy atom. The molecule has 0 aromatic rings. The molecule has 0 radical (unpaired) electrons. The van der Waals surface area contributed by atoms with Gasteiger partial charge in [0, 0.05) is 0 Å². The summed E-state index contributed by atoms with van der Waals surface area (Å²) >= 11 is 0. The lowest BCUT2D eigenvalue weighted by molar-refractivity contribution is -0.567. The summed E-state index contributed by atoms with van der Waals surface area (Å²) in [5.74, 6) is -28.6. The molecule has 0 saturated carbocycles. The summed E-state index contributed by atoms with van der Waals surface area (Å²) in [5, 5.41) is 0. The summed E-state index contributed by atoms with van der Waals surface area (Å²) in [6, 6.07) is 0. The molecule has 19 heavy (non-hydrogen) atoms. The summed E-state index contributed by atoms with van der Waals surface area (Å²) in [7, 11) is 0. The maximum Gasteiger partial charge on any atom is 0.455 e. The molecule has 0 aromatic heterocycles. The monoisotopic (exact) mass is 316 g/mol. The molecule has 0 bridgehead atoms. The van der Waals surface area contributed by atoms with Gasteiger partial charge in [0.15, 0.2) is 0 Å². The smallest absolute Gasteiger partial charge is 0.264 e. The van der Waals surface area contributed by atoms with Gasteiger partial charge in [0.05, 0.1) is 0 Å². The molecule has 1 aliphatic rings. The number of hydrogen-bond acceptors (Lipinski definition) is 1. The van der Waals surface area contributed by atoms with E-state index in [1.807, 2.05) is 0 Å². The van der Waals surface area contributed by atoms with Crippen LogP contribution >= 0.6 is 0 Å². The van der Waals surface area contributed by atoms with Gasteiger partial charge in [0.25, 0.3) is 0 Å². The molecule has 1 fully saturated rings. The lowest BCUT2D eigenvalue weighted by Gasteiger charge is -2.48. The molecule has 114 valence electrons. The highest BCUT2D eigenvalue weighted by atomic mass is 19.4. The fourth-order valence-corrected chi connectivity index (χ4v) is 1.12. The van der Waals surface area contributed by atoms with Gasteiger partial charge in [-0.15, -0.1) is 0 Å². The molecule has 1 atom stereocenters. The van der Waals surface area contributed by atoms with Crippen molar-refractivity contribution < 1.29 is 57.4 Å². The Hall–Kier alpha value is -0.880. The van der Waals surface area contributed by atoms with Crippen LogP contribution in [0.5, 0.6) is 0 Å². The van der Waals surface area contributed by atoms with Gasteiger partial charge < -0.3 is 0 Å². The Kier molecular flexibility index (Phi) is 2.90. The maximum absolute atomic E-state index is 12.8. The Morgan fingerprint density at radius 3 is 1.26 bits per heavy atom. The van der Waals surface area contributed by atoms with E-state index in [1.165, 1.54) is 0 Å². The van der Waals surface area contributed by atoms with Crippen molar-refractivity contribution in [2.75, 3.05) is 0 Å². The molecule has 0 aliphatic carbocycles. The third-order valence-electron chi connectivity index (χ3n) is 2.19. The van der Waals surface area contributed by atoms with Crippen LogP contribution in [0.1, 0.15) is 0 Å². The fourth-order valence-electron chi connectivity index (χ4n) is 1.12. The first kappa shape index (κ1) is 16.2. The van der Waals surface area contributed by atoms with Gasteiger partial charge in [-0.3, -0.25) is 4.74 Å². The largest absolute Gasteiger partial charge is 0.455 e. The van der Waals surface area contributed by atoms with Crippen LogP contribution < -0.4 is 0 Å². The minimum Gasteiger partial charge on any atom is -0.264 e. The van der Waals surface area contributed by atoms with Crippen LogP contribution in [0.4, 0.5) is 52.7 Å². The molecule has 1 nitrogen and oxygen atoms in total. The molecule has 1 aliphatic heterocycles. The van der Waals surface area contributed by atoms with Crippen molar-refractivity contribution >= 4 is 0 Å². The summed E-state index contributed by atoms with van der Waals surface area (Å²) in [6.07, 6.45) is -13.9. The van der Waals surface area contributed by atoms with Crippen LogP contribution in [-0.4, -0.2) is 35.9 Å².